The Bertz CT molecular complexity index is 1080. The fourth-order valence-corrected chi connectivity index (χ4v) is 6.26. The van der Waals surface area contributed by atoms with Gasteiger partial charge >= 0.3 is 0 Å². The van der Waals surface area contributed by atoms with Gasteiger partial charge in [0, 0.05) is 28.9 Å². The maximum Gasteiger partial charge on any atom is 0.0664 e. The molecule has 2 aromatic heterocycles. The van der Waals surface area contributed by atoms with Crippen molar-refractivity contribution < 1.29 is 0 Å². The Balaban J connectivity index is 1.50. The minimum absolute atomic E-state index is 0.203. The molecule has 3 aliphatic rings. The minimum Gasteiger partial charge on any atom is -0.397 e. The van der Waals surface area contributed by atoms with Crippen molar-refractivity contribution in [2.24, 2.45) is 11.1 Å². The third-order valence-corrected chi connectivity index (χ3v) is 8.18. The highest BCUT2D eigenvalue weighted by molar-refractivity contribution is 7.13. The Kier molecular flexibility index (Phi) is 5.00. The maximum absolute atomic E-state index is 6.61. The van der Waals surface area contributed by atoms with E-state index in [2.05, 4.69) is 54.9 Å². The summed E-state index contributed by atoms with van der Waals surface area (Å²) in [7, 11) is 0. The highest BCUT2D eigenvalue weighted by atomic mass is 35.5. The number of thiophene rings is 1. The van der Waals surface area contributed by atoms with Gasteiger partial charge in [0.1, 0.15) is 0 Å². The summed E-state index contributed by atoms with van der Waals surface area (Å²) in [6.45, 7) is 8.80. The van der Waals surface area contributed by atoms with Gasteiger partial charge in [0.25, 0.3) is 0 Å². The van der Waals surface area contributed by atoms with E-state index in [1.807, 2.05) is 17.4 Å². The standard InChI is InChI=1S/C25H30ClN3S/c1-25(2,3)24-17-13-22(30-21(17)9-11-28-24)15-7-8-19-18(26)14-20(29(19)12-10-15)23(27)16-5-4-6-16/h7-8,10,13-14,24,28H,4-6,9,11-12,27H2,1-3H3. The van der Waals surface area contributed by atoms with Gasteiger partial charge in [-0.05, 0) is 66.0 Å². The van der Waals surface area contributed by atoms with Crippen molar-refractivity contribution in [3.8, 4) is 0 Å². The third kappa shape index (κ3) is 3.39. The average molecular weight is 440 g/mol. The summed E-state index contributed by atoms with van der Waals surface area (Å²) in [5, 5.41) is 4.51. The predicted octanol–water partition coefficient (Wildman–Crippen LogP) is 6.40. The molecule has 2 aliphatic heterocycles. The van der Waals surface area contributed by atoms with Gasteiger partial charge in [-0.15, -0.1) is 11.3 Å². The van der Waals surface area contributed by atoms with E-state index in [0.717, 1.165) is 54.5 Å². The molecule has 0 radical (unpaired) electrons. The van der Waals surface area contributed by atoms with E-state index >= 15 is 0 Å². The summed E-state index contributed by atoms with van der Waals surface area (Å²) >= 11 is 8.56. The lowest BCUT2D eigenvalue weighted by Gasteiger charge is -2.35. The lowest BCUT2D eigenvalue weighted by atomic mass is 9.80. The van der Waals surface area contributed by atoms with Crippen LogP contribution in [0.15, 0.2) is 29.9 Å². The monoisotopic (exact) mass is 439 g/mol. The molecule has 0 saturated heterocycles. The van der Waals surface area contributed by atoms with Gasteiger partial charge in [-0.25, -0.2) is 0 Å². The van der Waals surface area contributed by atoms with Crippen LogP contribution in [0.5, 0.6) is 0 Å². The van der Waals surface area contributed by atoms with Crippen LogP contribution < -0.4 is 11.1 Å². The topological polar surface area (TPSA) is 43.0 Å². The molecule has 5 heteroatoms. The average Bonchev–Trinajstić information content (AvgIpc) is 3.13. The van der Waals surface area contributed by atoms with Crippen molar-refractivity contribution in [1.29, 1.82) is 0 Å². The van der Waals surface area contributed by atoms with Crippen molar-refractivity contribution in [2.75, 3.05) is 6.54 Å². The quantitative estimate of drug-likeness (QED) is 0.568. The zero-order valence-electron chi connectivity index (χ0n) is 18.0. The van der Waals surface area contributed by atoms with Crippen molar-refractivity contribution >= 4 is 40.3 Å². The van der Waals surface area contributed by atoms with Crippen LogP contribution in [0.4, 0.5) is 0 Å². The number of allylic oxidation sites excluding steroid dienone is 4. The number of nitrogens with zero attached hydrogens (tertiary/aromatic N) is 1. The lowest BCUT2D eigenvalue weighted by molar-refractivity contribution is 0.265. The zero-order chi connectivity index (χ0) is 21.0. The first-order chi connectivity index (χ1) is 14.3. The Morgan fingerprint density at radius 1 is 1.20 bits per heavy atom. The van der Waals surface area contributed by atoms with Crippen LogP contribution >= 0.6 is 22.9 Å². The Labute approximate surface area is 188 Å². The molecule has 1 aliphatic carbocycles. The zero-order valence-corrected chi connectivity index (χ0v) is 19.6. The molecule has 1 saturated carbocycles. The van der Waals surface area contributed by atoms with Crippen molar-refractivity contribution in [2.45, 2.75) is 59.0 Å². The molecule has 5 rings (SSSR count). The Morgan fingerprint density at radius 2 is 2.00 bits per heavy atom. The first-order valence-corrected chi connectivity index (χ1v) is 12.1. The summed E-state index contributed by atoms with van der Waals surface area (Å²) in [5.41, 5.74) is 13.9. The second kappa shape index (κ2) is 7.44. The fraction of sp³-hybridized carbons (Fsp3) is 0.440. The third-order valence-electron chi connectivity index (χ3n) is 6.62. The van der Waals surface area contributed by atoms with Crippen LogP contribution in [-0.2, 0) is 13.0 Å². The van der Waals surface area contributed by atoms with Crippen LogP contribution in [0, 0.1) is 5.41 Å². The molecule has 1 atom stereocenters. The molecule has 3 N–H and O–H groups in total. The molecule has 1 unspecified atom stereocenters. The molecule has 0 bridgehead atoms. The number of rotatable bonds is 2. The first kappa shape index (κ1) is 20.2. The van der Waals surface area contributed by atoms with E-state index < -0.39 is 0 Å². The summed E-state index contributed by atoms with van der Waals surface area (Å²) in [6.07, 6.45) is 11.3. The summed E-state index contributed by atoms with van der Waals surface area (Å²) in [4.78, 5) is 2.88. The van der Waals surface area contributed by atoms with E-state index in [-0.39, 0.29) is 5.41 Å². The number of nitrogens with one attached hydrogen (secondary N) is 1. The van der Waals surface area contributed by atoms with Gasteiger partial charge in [0.15, 0.2) is 0 Å². The normalized spacial score (nSPS) is 20.9. The molecule has 0 spiro atoms. The van der Waals surface area contributed by atoms with Crippen molar-refractivity contribution in [3.63, 3.8) is 0 Å². The van der Waals surface area contributed by atoms with Crippen LogP contribution in [0.25, 0.3) is 17.3 Å². The highest BCUT2D eigenvalue weighted by Crippen LogP contribution is 2.43. The maximum atomic E-state index is 6.61. The molecule has 0 amide bonds. The van der Waals surface area contributed by atoms with Gasteiger partial charge < -0.3 is 15.6 Å². The molecule has 1 fully saturated rings. The second-order valence-corrected chi connectivity index (χ2v) is 11.3. The van der Waals surface area contributed by atoms with E-state index in [4.69, 9.17) is 17.3 Å². The molecular weight excluding hydrogens is 410 g/mol. The summed E-state index contributed by atoms with van der Waals surface area (Å²) < 4.78 is 2.26. The number of hydrogen-bond donors (Lipinski definition) is 2. The van der Waals surface area contributed by atoms with Crippen LogP contribution in [-0.4, -0.2) is 11.1 Å². The van der Waals surface area contributed by atoms with Gasteiger partial charge in [0.05, 0.1) is 22.1 Å². The minimum atomic E-state index is 0.203. The molecule has 158 valence electrons. The van der Waals surface area contributed by atoms with Crippen LogP contribution in [0.3, 0.4) is 0 Å². The van der Waals surface area contributed by atoms with Gasteiger partial charge in [-0.2, -0.15) is 0 Å². The van der Waals surface area contributed by atoms with E-state index in [0.29, 0.717) is 6.04 Å². The number of hydrogen-bond acceptors (Lipinski definition) is 3. The van der Waals surface area contributed by atoms with Crippen LogP contribution in [0.1, 0.15) is 72.8 Å². The Morgan fingerprint density at radius 3 is 2.70 bits per heavy atom. The molecular formula is C25H30ClN3S. The fourth-order valence-electron chi connectivity index (χ4n) is 4.77. The number of aromatic nitrogens is 1. The van der Waals surface area contributed by atoms with Gasteiger partial charge in [0.2, 0.25) is 0 Å². The second-order valence-electron chi connectivity index (χ2n) is 9.73. The van der Waals surface area contributed by atoms with E-state index in [1.54, 1.807) is 0 Å². The molecule has 3 nitrogen and oxygen atoms in total. The van der Waals surface area contributed by atoms with Crippen molar-refractivity contribution in [3.05, 3.63) is 61.6 Å². The SMILES string of the molecule is CC(C)(C)C1NCCc2sc(C3=CCn4c(C(N)=C5CCC5)cc(Cl)c4C=C3)cc21. The van der Waals surface area contributed by atoms with Crippen LogP contribution in [0.2, 0.25) is 5.02 Å². The van der Waals surface area contributed by atoms with E-state index in [9.17, 15) is 0 Å². The van der Waals surface area contributed by atoms with Gasteiger partial charge in [-0.1, -0.05) is 44.5 Å². The highest BCUT2D eigenvalue weighted by Gasteiger charge is 2.32. The molecule has 30 heavy (non-hydrogen) atoms. The Hall–Kier alpha value is -1.75. The molecule has 0 aromatic carbocycles. The predicted molar refractivity (Wildman–Crippen MR) is 130 cm³/mol. The van der Waals surface area contributed by atoms with E-state index in [1.165, 1.54) is 32.9 Å². The molecule has 2 aromatic rings. The largest absolute Gasteiger partial charge is 0.397 e. The smallest absolute Gasteiger partial charge is 0.0664 e. The summed E-state index contributed by atoms with van der Waals surface area (Å²) in [5.74, 6) is 0. The lowest BCUT2D eigenvalue weighted by Crippen LogP contribution is -2.37. The number of fused-ring (bicyclic) bond motifs is 2. The number of nitrogens with two attached hydrogens (primary N) is 1. The summed E-state index contributed by atoms with van der Waals surface area (Å²) in [6, 6.07) is 4.85. The van der Waals surface area contributed by atoms with Crippen molar-refractivity contribution in [1.82, 2.24) is 9.88 Å². The first-order valence-electron chi connectivity index (χ1n) is 10.9. The number of halogens is 1. The molecule has 4 heterocycles. The van der Waals surface area contributed by atoms with Gasteiger partial charge in [-0.3, -0.25) is 0 Å².